The Morgan fingerprint density at radius 2 is 0.917 bits per heavy atom. The predicted octanol–water partition coefficient (Wildman–Crippen LogP) is 9.40. The number of rotatable bonds is 10. The summed E-state index contributed by atoms with van der Waals surface area (Å²) in [5, 5.41) is 12.8. The van der Waals surface area contributed by atoms with Gasteiger partial charge in [0.25, 0.3) is 0 Å². The molecular weight excluding hydrogens is 651 g/mol. The Hall–Kier alpha value is 0.434. The van der Waals surface area contributed by atoms with Gasteiger partial charge in [0.2, 0.25) is 0 Å². The van der Waals surface area contributed by atoms with E-state index in [9.17, 15) is 0 Å². The fraction of sp³-hybridized carbons (Fsp3) is 0.857. The summed E-state index contributed by atoms with van der Waals surface area (Å²) in [6.07, 6.45) is 25.3. The van der Waals surface area contributed by atoms with Crippen molar-refractivity contribution in [2.24, 2.45) is 35.5 Å². The van der Waals surface area contributed by atoms with E-state index >= 15 is 0 Å². The minimum Gasteiger partial charge on any atom is -0.316 e. The smallest absolute Gasteiger partial charge is 0.0774 e. The number of nitrogens with one attached hydrogen (secondary N) is 2. The van der Waals surface area contributed by atoms with Crippen molar-refractivity contribution < 1.29 is 0 Å². The van der Waals surface area contributed by atoms with E-state index in [4.69, 9.17) is 0 Å². The van der Waals surface area contributed by atoms with Gasteiger partial charge in [0.05, 0.1) is 16.1 Å². The largest absolute Gasteiger partial charge is 0.316 e. The van der Waals surface area contributed by atoms with Gasteiger partial charge in [-0.1, -0.05) is 77.6 Å². The van der Waals surface area contributed by atoms with Crippen LogP contribution in [0.15, 0.2) is 12.1 Å². The lowest BCUT2D eigenvalue weighted by Gasteiger charge is -2.67. The third-order valence-electron chi connectivity index (χ3n) is 15.8. The van der Waals surface area contributed by atoms with Gasteiger partial charge in [-0.05, 0) is 184 Å². The Bertz CT molecular complexity index is 1240. The normalized spacial score (nSPS) is 43.0. The SMILES string of the molecule is C[Si](C)(C)c1cc(CP(C2CCNC2)C2CCNC2)c(CP(C23CC4CC(CC(C4)C2)C3)C23CC4CC(CC(C4)C2)C3)cc1[Si](C)(C)C. The summed E-state index contributed by atoms with van der Waals surface area (Å²) in [5.41, 5.74) is 5.67. The van der Waals surface area contributed by atoms with E-state index in [1.807, 2.05) is 21.5 Å². The Morgan fingerprint density at radius 3 is 1.23 bits per heavy atom. The van der Waals surface area contributed by atoms with E-state index in [0.29, 0.717) is 0 Å². The van der Waals surface area contributed by atoms with Gasteiger partial charge in [0.1, 0.15) is 0 Å². The van der Waals surface area contributed by atoms with Crippen molar-refractivity contribution in [2.75, 3.05) is 26.2 Å². The van der Waals surface area contributed by atoms with E-state index in [1.54, 1.807) is 77.0 Å². The minimum atomic E-state index is -1.50. The molecule has 1 aromatic rings. The van der Waals surface area contributed by atoms with Crippen LogP contribution in [0.4, 0.5) is 0 Å². The highest BCUT2D eigenvalue weighted by atomic mass is 31.1. The van der Waals surface area contributed by atoms with Crippen LogP contribution in [0.1, 0.15) is 101 Å². The lowest BCUT2D eigenvalue weighted by Crippen LogP contribution is -2.57. The van der Waals surface area contributed by atoms with Crippen molar-refractivity contribution in [3.63, 3.8) is 0 Å². The molecule has 48 heavy (non-hydrogen) atoms. The van der Waals surface area contributed by atoms with Gasteiger partial charge in [-0.15, -0.1) is 0 Å². The molecule has 2 aliphatic heterocycles. The molecule has 1 aromatic carbocycles. The molecule has 0 spiro atoms. The third kappa shape index (κ3) is 6.19. The van der Waals surface area contributed by atoms with Crippen molar-refractivity contribution in [3.8, 4) is 0 Å². The van der Waals surface area contributed by atoms with Crippen LogP contribution in [0.25, 0.3) is 0 Å². The Labute approximate surface area is 299 Å². The van der Waals surface area contributed by atoms with Crippen LogP contribution in [0.2, 0.25) is 39.3 Å². The second-order valence-corrected chi connectivity index (χ2v) is 37.5. The fourth-order valence-electron chi connectivity index (χ4n) is 14.6. The highest BCUT2D eigenvalue weighted by Crippen LogP contribution is 2.79. The molecule has 10 aliphatic rings. The minimum absolute atomic E-state index is 0.0115. The summed E-state index contributed by atoms with van der Waals surface area (Å²) in [5.74, 6) is 6.49. The lowest BCUT2D eigenvalue weighted by atomic mass is 9.55. The zero-order chi connectivity index (χ0) is 33.1. The van der Waals surface area contributed by atoms with Crippen molar-refractivity contribution in [3.05, 3.63) is 23.3 Å². The molecule has 0 radical (unpaired) electrons. The monoisotopic (exact) mass is 720 g/mol. The summed E-state index contributed by atoms with van der Waals surface area (Å²) >= 11 is 0. The molecule has 0 aromatic heterocycles. The molecule has 2 saturated heterocycles. The number of benzene rings is 1. The molecule has 8 bridgehead atoms. The van der Waals surface area contributed by atoms with Crippen molar-refractivity contribution in [1.29, 1.82) is 0 Å². The van der Waals surface area contributed by atoms with Gasteiger partial charge in [-0.25, -0.2) is 0 Å². The van der Waals surface area contributed by atoms with E-state index in [-0.39, 0.29) is 15.8 Å². The molecule has 2 nitrogen and oxygen atoms in total. The molecule has 8 saturated carbocycles. The number of hydrogen-bond acceptors (Lipinski definition) is 2. The van der Waals surface area contributed by atoms with Crippen LogP contribution >= 0.6 is 15.8 Å². The van der Waals surface area contributed by atoms with E-state index in [2.05, 4.69) is 62.0 Å². The zero-order valence-corrected chi connectivity index (χ0v) is 35.6. The molecular formula is C42H70N2P2Si2. The maximum atomic E-state index is 3.83. The van der Waals surface area contributed by atoms with E-state index in [1.165, 1.54) is 51.3 Å². The topological polar surface area (TPSA) is 24.1 Å². The molecule has 2 N–H and O–H groups in total. The Balaban J connectivity index is 1.17. The lowest BCUT2D eigenvalue weighted by molar-refractivity contribution is 0.0184. The molecule has 10 fully saturated rings. The highest BCUT2D eigenvalue weighted by molar-refractivity contribution is 7.60. The van der Waals surface area contributed by atoms with Crippen LogP contribution in [-0.2, 0) is 12.3 Å². The van der Waals surface area contributed by atoms with E-state index < -0.39 is 16.1 Å². The molecule has 11 rings (SSSR count). The summed E-state index contributed by atoms with van der Waals surface area (Å²) in [6, 6.07) is 5.96. The molecule has 2 unspecified atom stereocenters. The number of hydrogen-bond donors (Lipinski definition) is 2. The Morgan fingerprint density at radius 1 is 0.562 bits per heavy atom. The molecule has 8 aliphatic carbocycles. The summed E-state index contributed by atoms with van der Waals surface area (Å²) in [7, 11) is -3.02. The van der Waals surface area contributed by atoms with Crippen LogP contribution in [0.3, 0.4) is 0 Å². The highest BCUT2D eigenvalue weighted by Gasteiger charge is 2.62. The van der Waals surface area contributed by atoms with Crippen LogP contribution in [-0.4, -0.2) is 64.0 Å². The van der Waals surface area contributed by atoms with Gasteiger partial charge >= 0.3 is 0 Å². The maximum absolute atomic E-state index is 3.83. The van der Waals surface area contributed by atoms with Gasteiger partial charge in [0.15, 0.2) is 0 Å². The first-order chi connectivity index (χ1) is 22.9. The average Bonchev–Trinajstić information content (AvgIpc) is 3.72. The summed E-state index contributed by atoms with van der Waals surface area (Å²) in [6.45, 7) is 21.1. The molecule has 0 amide bonds. The second kappa shape index (κ2) is 12.5. The van der Waals surface area contributed by atoms with Gasteiger partial charge in [-0.2, -0.15) is 0 Å². The molecule has 2 atom stereocenters. The van der Waals surface area contributed by atoms with Crippen molar-refractivity contribution >= 4 is 42.4 Å². The average molecular weight is 721 g/mol. The quantitative estimate of drug-likeness (QED) is 0.186. The molecule has 266 valence electrons. The van der Waals surface area contributed by atoms with Crippen molar-refractivity contribution in [2.45, 2.75) is 163 Å². The van der Waals surface area contributed by atoms with Gasteiger partial charge in [-0.3, -0.25) is 0 Å². The summed E-state index contributed by atoms with van der Waals surface area (Å²) < 4.78 is 0. The molecule has 2 heterocycles. The van der Waals surface area contributed by atoms with Gasteiger partial charge in [0, 0.05) is 13.1 Å². The standard InChI is InChI=1S/C42H70N2P2Si2/c1-47(2,3)39-17-35(27-45(37-7-9-43-25-37)38-8-10-44-26-38)36(18-40(39)48(4,5)6)28-46(41-19-29-11-30(20-41)13-31(12-29)21-41)42-22-32-14-33(23-42)16-34(15-32)24-42/h17-18,29-34,37-38,43-44H,7-16,19-28H2,1-6H3. The van der Waals surface area contributed by atoms with Crippen molar-refractivity contribution in [1.82, 2.24) is 10.6 Å². The zero-order valence-electron chi connectivity index (χ0n) is 31.8. The van der Waals surface area contributed by atoms with Gasteiger partial charge < -0.3 is 10.6 Å². The third-order valence-corrected chi connectivity index (χ3v) is 27.6. The van der Waals surface area contributed by atoms with Crippen LogP contribution in [0.5, 0.6) is 0 Å². The van der Waals surface area contributed by atoms with E-state index in [0.717, 1.165) is 57.1 Å². The predicted molar refractivity (Wildman–Crippen MR) is 218 cm³/mol. The fourth-order valence-corrected chi connectivity index (χ4v) is 28.5. The summed E-state index contributed by atoms with van der Waals surface area (Å²) in [4.78, 5) is 0. The maximum Gasteiger partial charge on any atom is 0.0774 e. The molecule has 6 heteroatoms. The van der Waals surface area contributed by atoms with Crippen LogP contribution < -0.4 is 21.0 Å². The van der Waals surface area contributed by atoms with Crippen LogP contribution in [0, 0.1) is 35.5 Å². The first kappa shape index (κ1) is 34.2. The second-order valence-electron chi connectivity index (χ2n) is 21.5. The first-order valence-electron chi connectivity index (χ1n) is 21.0. The first-order valence-corrected chi connectivity index (χ1v) is 31.2. The Kier molecular flexibility index (Phi) is 8.91.